The number of hydrazine groups is 1. The van der Waals surface area contributed by atoms with E-state index in [2.05, 4.69) is 10.9 Å². The summed E-state index contributed by atoms with van der Waals surface area (Å²) in [6, 6.07) is 3.39. The number of thiophene rings is 1. The molecule has 0 aliphatic carbocycles. The molecule has 0 aromatic carbocycles. The zero-order valence-corrected chi connectivity index (χ0v) is 11.0. The second kappa shape index (κ2) is 7.72. The van der Waals surface area contributed by atoms with Crippen LogP contribution in [0.3, 0.4) is 0 Å². The van der Waals surface area contributed by atoms with E-state index in [0.717, 1.165) is 0 Å². The van der Waals surface area contributed by atoms with E-state index in [1.165, 1.54) is 23.1 Å². The van der Waals surface area contributed by atoms with E-state index < -0.39 is 5.97 Å². The first-order valence-electron chi connectivity index (χ1n) is 5.02. The third-order valence-electron chi connectivity index (χ3n) is 1.75. The van der Waals surface area contributed by atoms with Gasteiger partial charge in [-0.2, -0.15) is 11.8 Å². The van der Waals surface area contributed by atoms with Gasteiger partial charge in [0.05, 0.1) is 17.1 Å². The van der Waals surface area contributed by atoms with Gasteiger partial charge in [-0.3, -0.25) is 25.2 Å². The van der Waals surface area contributed by atoms with Crippen LogP contribution < -0.4 is 10.9 Å². The summed E-state index contributed by atoms with van der Waals surface area (Å²) in [6.07, 6.45) is 0.0134. The zero-order chi connectivity index (χ0) is 13.4. The average Bonchev–Trinajstić information content (AvgIpc) is 2.85. The van der Waals surface area contributed by atoms with Crippen LogP contribution in [0.5, 0.6) is 0 Å². The van der Waals surface area contributed by atoms with Gasteiger partial charge in [0.1, 0.15) is 0 Å². The molecule has 0 saturated carbocycles. The van der Waals surface area contributed by atoms with Crippen molar-refractivity contribution in [1.29, 1.82) is 0 Å². The summed E-state index contributed by atoms with van der Waals surface area (Å²) < 4.78 is 0. The Hall–Kier alpha value is -1.54. The molecule has 8 heteroatoms. The number of carbonyl (C=O) groups excluding carboxylic acids is 2. The first-order valence-corrected chi connectivity index (χ1v) is 7.05. The lowest BCUT2D eigenvalue weighted by molar-refractivity contribution is -0.136. The normalized spacial score (nSPS) is 9.78. The molecule has 1 rings (SSSR count). The van der Waals surface area contributed by atoms with Crippen LogP contribution in [0, 0.1) is 0 Å². The number of carboxylic acids is 1. The summed E-state index contributed by atoms with van der Waals surface area (Å²) in [6.45, 7) is 0. The molecule has 0 bridgehead atoms. The highest BCUT2D eigenvalue weighted by Crippen LogP contribution is 2.07. The Labute approximate surface area is 112 Å². The Morgan fingerprint density at radius 1 is 1.33 bits per heavy atom. The average molecular weight is 288 g/mol. The fraction of sp³-hybridized carbons (Fsp3) is 0.300. The fourth-order valence-electron chi connectivity index (χ4n) is 0.956. The Kier molecular flexibility index (Phi) is 6.23. The molecular formula is C10H12N2O4S2. The molecule has 2 amide bonds. The third-order valence-corrected chi connectivity index (χ3v) is 3.58. The van der Waals surface area contributed by atoms with Crippen molar-refractivity contribution in [3.05, 3.63) is 22.4 Å². The molecule has 6 nitrogen and oxygen atoms in total. The molecule has 18 heavy (non-hydrogen) atoms. The topological polar surface area (TPSA) is 95.5 Å². The van der Waals surface area contributed by atoms with Gasteiger partial charge in [0.15, 0.2) is 0 Å². The predicted octanol–water partition coefficient (Wildman–Crippen LogP) is 0.717. The molecule has 0 aliphatic rings. The van der Waals surface area contributed by atoms with Crippen LogP contribution in [0.15, 0.2) is 17.5 Å². The van der Waals surface area contributed by atoms with Gasteiger partial charge in [-0.15, -0.1) is 11.3 Å². The Morgan fingerprint density at radius 3 is 2.72 bits per heavy atom. The standard InChI is InChI=1S/C10H12N2O4S2/c13-8(6-17-5-3-9(14)15)11-12-10(16)7-2-1-4-18-7/h1-2,4H,3,5-6H2,(H,11,13)(H,12,16)(H,14,15). The molecule has 1 aromatic heterocycles. The van der Waals surface area contributed by atoms with E-state index in [0.29, 0.717) is 10.6 Å². The number of thioether (sulfide) groups is 1. The molecular weight excluding hydrogens is 276 g/mol. The number of aliphatic carboxylic acids is 1. The number of hydrogen-bond donors (Lipinski definition) is 3. The maximum Gasteiger partial charge on any atom is 0.304 e. The Balaban J connectivity index is 2.13. The van der Waals surface area contributed by atoms with Gasteiger partial charge in [-0.1, -0.05) is 6.07 Å². The monoisotopic (exact) mass is 288 g/mol. The Bertz CT molecular complexity index is 420. The van der Waals surface area contributed by atoms with E-state index in [-0.39, 0.29) is 24.0 Å². The summed E-state index contributed by atoms with van der Waals surface area (Å²) in [5.74, 6) is -1.15. The van der Waals surface area contributed by atoms with Gasteiger partial charge in [0, 0.05) is 5.75 Å². The van der Waals surface area contributed by atoms with Gasteiger partial charge in [-0.25, -0.2) is 0 Å². The molecule has 0 spiro atoms. The van der Waals surface area contributed by atoms with Crippen molar-refractivity contribution in [2.75, 3.05) is 11.5 Å². The van der Waals surface area contributed by atoms with Gasteiger partial charge in [0.25, 0.3) is 5.91 Å². The van der Waals surface area contributed by atoms with Gasteiger partial charge >= 0.3 is 5.97 Å². The third kappa shape index (κ3) is 5.69. The predicted molar refractivity (Wildman–Crippen MR) is 69.5 cm³/mol. The van der Waals surface area contributed by atoms with Gasteiger partial charge < -0.3 is 5.11 Å². The second-order valence-electron chi connectivity index (χ2n) is 3.18. The Morgan fingerprint density at radius 2 is 2.11 bits per heavy atom. The minimum atomic E-state index is -0.895. The highest BCUT2D eigenvalue weighted by molar-refractivity contribution is 7.99. The maximum absolute atomic E-state index is 11.4. The molecule has 1 aromatic rings. The smallest absolute Gasteiger partial charge is 0.304 e. The van der Waals surface area contributed by atoms with E-state index in [9.17, 15) is 14.4 Å². The number of amides is 2. The lowest BCUT2D eigenvalue weighted by Gasteiger charge is -2.05. The lowest BCUT2D eigenvalue weighted by Crippen LogP contribution is -2.42. The summed E-state index contributed by atoms with van der Waals surface area (Å²) >= 11 is 2.47. The van der Waals surface area contributed by atoms with Crippen LogP contribution in [-0.4, -0.2) is 34.4 Å². The number of carbonyl (C=O) groups is 3. The van der Waals surface area contributed by atoms with Crippen LogP contribution >= 0.6 is 23.1 Å². The SMILES string of the molecule is O=C(O)CCSCC(=O)NNC(=O)c1cccs1. The number of carboxylic acid groups (broad SMARTS) is 1. The van der Waals surface area contributed by atoms with Crippen molar-refractivity contribution in [2.45, 2.75) is 6.42 Å². The molecule has 0 unspecified atom stereocenters. The largest absolute Gasteiger partial charge is 0.481 e. The van der Waals surface area contributed by atoms with Crippen LogP contribution in [0.4, 0.5) is 0 Å². The minimum Gasteiger partial charge on any atom is -0.481 e. The molecule has 98 valence electrons. The van der Waals surface area contributed by atoms with Crippen molar-refractivity contribution in [3.63, 3.8) is 0 Å². The van der Waals surface area contributed by atoms with Crippen molar-refractivity contribution in [1.82, 2.24) is 10.9 Å². The highest BCUT2D eigenvalue weighted by atomic mass is 32.2. The van der Waals surface area contributed by atoms with Crippen LogP contribution in [0.2, 0.25) is 0 Å². The number of rotatable bonds is 6. The minimum absolute atomic E-state index is 0.0134. The molecule has 0 fully saturated rings. The summed E-state index contributed by atoms with van der Waals surface area (Å²) in [7, 11) is 0. The van der Waals surface area contributed by atoms with Gasteiger partial charge in [0.2, 0.25) is 5.91 Å². The molecule has 0 aliphatic heterocycles. The summed E-state index contributed by atoms with van der Waals surface area (Å²) in [5, 5.41) is 10.2. The first kappa shape index (κ1) is 14.5. The first-order chi connectivity index (χ1) is 8.59. The van der Waals surface area contributed by atoms with Crippen LogP contribution in [0.1, 0.15) is 16.1 Å². The van der Waals surface area contributed by atoms with Crippen LogP contribution in [0.25, 0.3) is 0 Å². The summed E-state index contributed by atoms with van der Waals surface area (Å²) in [4.78, 5) is 33.4. The van der Waals surface area contributed by atoms with E-state index >= 15 is 0 Å². The second-order valence-corrected chi connectivity index (χ2v) is 5.23. The van der Waals surface area contributed by atoms with Gasteiger partial charge in [-0.05, 0) is 11.4 Å². The number of nitrogens with one attached hydrogen (secondary N) is 2. The van der Waals surface area contributed by atoms with E-state index in [1.54, 1.807) is 17.5 Å². The van der Waals surface area contributed by atoms with Crippen molar-refractivity contribution < 1.29 is 19.5 Å². The molecule has 0 radical (unpaired) electrons. The quantitative estimate of drug-likeness (QED) is 0.529. The summed E-state index contributed by atoms with van der Waals surface area (Å²) in [5.41, 5.74) is 4.54. The molecule has 3 N–H and O–H groups in total. The molecule has 1 heterocycles. The zero-order valence-electron chi connectivity index (χ0n) is 9.34. The fourth-order valence-corrected chi connectivity index (χ4v) is 2.30. The molecule has 0 saturated heterocycles. The van der Waals surface area contributed by atoms with Crippen LogP contribution in [-0.2, 0) is 9.59 Å². The lowest BCUT2D eigenvalue weighted by atomic mass is 10.4. The van der Waals surface area contributed by atoms with E-state index in [1.807, 2.05) is 0 Å². The van der Waals surface area contributed by atoms with E-state index in [4.69, 9.17) is 5.11 Å². The van der Waals surface area contributed by atoms with Crippen molar-refractivity contribution >= 4 is 40.9 Å². The highest BCUT2D eigenvalue weighted by Gasteiger charge is 2.08. The maximum atomic E-state index is 11.4. The molecule has 0 atom stereocenters. The van der Waals surface area contributed by atoms with Crippen molar-refractivity contribution in [3.8, 4) is 0 Å². The van der Waals surface area contributed by atoms with Crippen molar-refractivity contribution in [2.24, 2.45) is 0 Å². The number of hydrogen-bond acceptors (Lipinski definition) is 5.